The van der Waals surface area contributed by atoms with Gasteiger partial charge in [-0.3, -0.25) is 0 Å². The highest BCUT2D eigenvalue weighted by atomic mass is 35.5. The van der Waals surface area contributed by atoms with Gasteiger partial charge in [0.2, 0.25) is 0 Å². The lowest BCUT2D eigenvalue weighted by Crippen LogP contribution is -1.86. The van der Waals surface area contributed by atoms with E-state index in [9.17, 15) is 0 Å². The van der Waals surface area contributed by atoms with Crippen molar-refractivity contribution in [3.05, 3.63) is 47.7 Å². The predicted molar refractivity (Wildman–Crippen MR) is 79.7 cm³/mol. The molecule has 0 aliphatic rings. The quantitative estimate of drug-likeness (QED) is 0.527. The van der Waals surface area contributed by atoms with Crippen LogP contribution in [0.2, 0.25) is 5.02 Å². The molecule has 0 aliphatic carbocycles. The highest BCUT2D eigenvalue weighted by molar-refractivity contribution is 6.31. The number of fused-ring (bicyclic) bond motifs is 2. The minimum absolute atomic E-state index is 0.562. The Morgan fingerprint density at radius 2 is 2.15 bits per heavy atom. The van der Waals surface area contributed by atoms with Crippen LogP contribution in [0, 0.1) is 0 Å². The summed E-state index contributed by atoms with van der Waals surface area (Å²) in [4.78, 5) is 7.80. The van der Waals surface area contributed by atoms with Crippen molar-refractivity contribution in [3.63, 3.8) is 0 Å². The number of hydrogen-bond acceptors (Lipinski definition) is 3. The standard InChI is InChI=1S/C14H10ClN5/c15-8-5-10(16)13-11(6-8)18-14(19-13)9-7-17-20-4-2-1-3-12(9)20/h1-7H,16H2,(H,18,19). The number of H-pyrrole nitrogens is 1. The number of nitrogens with zero attached hydrogens (tertiary/aromatic N) is 3. The van der Waals surface area contributed by atoms with Crippen molar-refractivity contribution < 1.29 is 0 Å². The van der Waals surface area contributed by atoms with E-state index in [2.05, 4.69) is 15.1 Å². The second kappa shape index (κ2) is 3.98. The Morgan fingerprint density at radius 1 is 1.25 bits per heavy atom. The molecule has 3 heterocycles. The van der Waals surface area contributed by atoms with E-state index in [1.807, 2.05) is 30.5 Å². The topological polar surface area (TPSA) is 72.0 Å². The molecule has 98 valence electrons. The SMILES string of the molecule is Nc1cc(Cl)cc2[nH]c(-c3cnn4ccccc34)nc12. The zero-order valence-corrected chi connectivity index (χ0v) is 11.1. The van der Waals surface area contributed by atoms with Gasteiger partial charge >= 0.3 is 0 Å². The number of anilines is 1. The third kappa shape index (κ3) is 1.57. The molecule has 0 aliphatic heterocycles. The average Bonchev–Trinajstić information content (AvgIpc) is 3.01. The number of nitrogens with one attached hydrogen (secondary N) is 1. The Bertz CT molecular complexity index is 937. The van der Waals surface area contributed by atoms with Gasteiger partial charge in [-0.1, -0.05) is 17.7 Å². The highest BCUT2D eigenvalue weighted by Crippen LogP contribution is 2.29. The number of imidazole rings is 1. The zero-order valence-electron chi connectivity index (χ0n) is 10.3. The summed E-state index contributed by atoms with van der Waals surface area (Å²) in [5.74, 6) is 0.732. The largest absolute Gasteiger partial charge is 0.397 e. The molecule has 0 atom stereocenters. The molecule has 0 unspecified atom stereocenters. The number of benzene rings is 1. The molecule has 0 fully saturated rings. The van der Waals surface area contributed by atoms with Gasteiger partial charge in [-0.05, 0) is 24.3 Å². The molecule has 5 nitrogen and oxygen atoms in total. The summed E-state index contributed by atoms with van der Waals surface area (Å²) < 4.78 is 1.80. The van der Waals surface area contributed by atoms with E-state index in [-0.39, 0.29) is 0 Å². The predicted octanol–water partition coefficient (Wildman–Crippen LogP) is 3.11. The van der Waals surface area contributed by atoms with Gasteiger partial charge in [0.05, 0.1) is 28.5 Å². The average molecular weight is 284 g/mol. The van der Waals surface area contributed by atoms with E-state index < -0.39 is 0 Å². The lowest BCUT2D eigenvalue weighted by molar-refractivity contribution is 0.961. The van der Waals surface area contributed by atoms with Crippen molar-refractivity contribution in [3.8, 4) is 11.4 Å². The molecule has 4 rings (SSSR count). The second-order valence-corrected chi connectivity index (χ2v) is 5.00. The van der Waals surface area contributed by atoms with Gasteiger partial charge in [-0.15, -0.1) is 0 Å². The van der Waals surface area contributed by atoms with E-state index in [0.29, 0.717) is 10.7 Å². The molecule has 3 N–H and O–H groups in total. The second-order valence-electron chi connectivity index (χ2n) is 4.57. The fraction of sp³-hybridized carbons (Fsp3) is 0. The summed E-state index contributed by atoms with van der Waals surface area (Å²) in [6.07, 6.45) is 3.68. The van der Waals surface area contributed by atoms with Crippen molar-refractivity contribution in [2.24, 2.45) is 0 Å². The first-order valence-electron chi connectivity index (χ1n) is 6.10. The van der Waals surface area contributed by atoms with Crippen molar-refractivity contribution >= 4 is 33.8 Å². The number of pyridine rings is 1. The van der Waals surface area contributed by atoms with E-state index >= 15 is 0 Å². The van der Waals surface area contributed by atoms with Gasteiger partial charge in [-0.2, -0.15) is 5.10 Å². The van der Waals surface area contributed by atoms with Gasteiger partial charge in [0, 0.05) is 11.2 Å². The summed E-state index contributed by atoms with van der Waals surface area (Å²) >= 11 is 6.01. The van der Waals surface area contributed by atoms with Crippen LogP contribution in [0.25, 0.3) is 27.9 Å². The van der Waals surface area contributed by atoms with Crippen LogP contribution in [0.15, 0.2) is 42.7 Å². The number of halogens is 1. The minimum Gasteiger partial charge on any atom is -0.397 e. The highest BCUT2D eigenvalue weighted by Gasteiger charge is 2.12. The Labute approximate surface area is 119 Å². The molecular weight excluding hydrogens is 274 g/mol. The Kier molecular flexibility index (Phi) is 2.25. The van der Waals surface area contributed by atoms with Gasteiger partial charge in [0.25, 0.3) is 0 Å². The van der Waals surface area contributed by atoms with Gasteiger partial charge < -0.3 is 10.7 Å². The number of nitrogens with two attached hydrogens (primary N) is 1. The summed E-state index contributed by atoms with van der Waals surface area (Å²) in [5.41, 5.74) is 9.96. The minimum atomic E-state index is 0.562. The summed E-state index contributed by atoms with van der Waals surface area (Å²) in [6.45, 7) is 0. The molecule has 4 aromatic rings. The molecule has 3 aromatic heterocycles. The van der Waals surface area contributed by atoms with Crippen LogP contribution in [0.4, 0.5) is 5.69 Å². The first kappa shape index (κ1) is 11.3. The molecule has 6 heteroatoms. The van der Waals surface area contributed by atoms with Gasteiger partial charge in [0.15, 0.2) is 0 Å². The zero-order chi connectivity index (χ0) is 13.7. The molecule has 0 spiro atoms. The smallest absolute Gasteiger partial charge is 0.142 e. The Balaban J connectivity index is 2.01. The summed E-state index contributed by atoms with van der Waals surface area (Å²) in [7, 11) is 0. The van der Waals surface area contributed by atoms with E-state index in [1.165, 1.54) is 0 Å². The molecule has 20 heavy (non-hydrogen) atoms. The van der Waals surface area contributed by atoms with Crippen LogP contribution in [-0.4, -0.2) is 19.6 Å². The molecular formula is C14H10ClN5. The maximum atomic E-state index is 6.01. The normalized spacial score (nSPS) is 11.4. The number of aromatic amines is 1. The van der Waals surface area contributed by atoms with Crippen LogP contribution in [0.5, 0.6) is 0 Å². The van der Waals surface area contributed by atoms with Crippen molar-refractivity contribution in [1.29, 1.82) is 0 Å². The van der Waals surface area contributed by atoms with Crippen molar-refractivity contribution in [2.75, 3.05) is 5.73 Å². The van der Waals surface area contributed by atoms with Crippen molar-refractivity contribution in [2.45, 2.75) is 0 Å². The van der Waals surface area contributed by atoms with Gasteiger partial charge in [0.1, 0.15) is 11.3 Å². The number of nitrogen functional groups attached to an aromatic ring is 1. The van der Waals surface area contributed by atoms with Crippen LogP contribution in [0.1, 0.15) is 0 Å². The summed E-state index contributed by atoms with van der Waals surface area (Å²) in [6, 6.07) is 9.40. The fourth-order valence-electron chi connectivity index (χ4n) is 2.35. The van der Waals surface area contributed by atoms with E-state index in [4.69, 9.17) is 17.3 Å². The van der Waals surface area contributed by atoms with Crippen LogP contribution >= 0.6 is 11.6 Å². The molecule has 0 amide bonds. The molecule has 0 saturated heterocycles. The monoisotopic (exact) mass is 283 g/mol. The number of aromatic nitrogens is 4. The van der Waals surface area contributed by atoms with Gasteiger partial charge in [-0.25, -0.2) is 9.50 Å². The van der Waals surface area contributed by atoms with Crippen LogP contribution in [-0.2, 0) is 0 Å². The number of rotatable bonds is 1. The van der Waals surface area contributed by atoms with Crippen molar-refractivity contribution in [1.82, 2.24) is 19.6 Å². The van der Waals surface area contributed by atoms with Crippen LogP contribution < -0.4 is 5.73 Å². The fourth-order valence-corrected chi connectivity index (χ4v) is 2.58. The summed E-state index contributed by atoms with van der Waals surface area (Å²) in [5, 5.41) is 4.89. The third-order valence-electron chi connectivity index (χ3n) is 3.26. The molecule has 1 aromatic carbocycles. The lowest BCUT2D eigenvalue weighted by atomic mass is 10.2. The lowest BCUT2D eigenvalue weighted by Gasteiger charge is -1.94. The van der Waals surface area contributed by atoms with E-state index in [0.717, 1.165) is 27.9 Å². The first-order valence-corrected chi connectivity index (χ1v) is 6.47. The maximum Gasteiger partial charge on any atom is 0.142 e. The maximum absolute atomic E-state index is 6.01. The Morgan fingerprint density at radius 3 is 3.05 bits per heavy atom. The van der Waals surface area contributed by atoms with Crippen LogP contribution in [0.3, 0.4) is 0 Å². The molecule has 0 saturated carbocycles. The Hall–Kier alpha value is -2.53. The third-order valence-corrected chi connectivity index (χ3v) is 3.48. The van der Waals surface area contributed by atoms with E-state index in [1.54, 1.807) is 16.8 Å². The number of hydrogen-bond donors (Lipinski definition) is 2. The first-order chi connectivity index (χ1) is 9.72. The molecule has 0 radical (unpaired) electrons. The molecule has 0 bridgehead atoms.